The minimum atomic E-state index is 0.739. The first-order valence-electron chi connectivity index (χ1n) is 5.75. The fourth-order valence-corrected chi connectivity index (χ4v) is 3.28. The highest BCUT2D eigenvalue weighted by molar-refractivity contribution is 4.94. The summed E-state index contributed by atoms with van der Waals surface area (Å²) in [6, 6.07) is 2.58. The van der Waals surface area contributed by atoms with E-state index in [2.05, 4.69) is 24.2 Å². The lowest BCUT2D eigenvalue weighted by atomic mass is 10.0. The van der Waals surface area contributed by atoms with Gasteiger partial charge in [0.1, 0.15) is 0 Å². The van der Waals surface area contributed by atoms with E-state index in [0.717, 1.165) is 24.7 Å². The molecule has 2 nitrogen and oxygen atoms in total. The van der Waals surface area contributed by atoms with E-state index in [4.69, 9.17) is 0 Å². The molecular formula is C11H22N2. The Labute approximate surface area is 81.7 Å². The highest BCUT2D eigenvalue weighted by Gasteiger charge is 2.38. The average molecular weight is 182 g/mol. The van der Waals surface area contributed by atoms with Crippen molar-refractivity contribution in [1.29, 1.82) is 0 Å². The van der Waals surface area contributed by atoms with E-state index in [9.17, 15) is 0 Å². The van der Waals surface area contributed by atoms with Crippen LogP contribution < -0.4 is 5.32 Å². The molecule has 2 heterocycles. The molecule has 3 unspecified atom stereocenters. The Morgan fingerprint density at radius 2 is 1.85 bits per heavy atom. The Kier molecular flexibility index (Phi) is 2.89. The molecule has 0 radical (unpaired) electrons. The summed E-state index contributed by atoms with van der Waals surface area (Å²) < 4.78 is 0. The fourth-order valence-electron chi connectivity index (χ4n) is 3.28. The van der Waals surface area contributed by atoms with Gasteiger partial charge in [-0.2, -0.15) is 0 Å². The standard InChI is InChI=1S/C11H22N2/c1-9(8-12-2)13-10-4-3-5-11(13)7-6-10/h9-12H,3-8H2,1-2H3. The molecule has 2 rings (SSSR count). The molecule has 2 saturated heterocycles. The summed E-state index contributed by atoms with van der Waals surface area (Å²) in [6.07, 6.45) is 7.28. The molecule has 13 heavy (non-hydrogen) atoms. The van der Waals surface area contributed by atoms with Crippen molar-refractivity contribution in [2.75, 3.05) is 13.6 Å². The number of hydrogen-bond donors (Lipinski definition) is 1. The van der Waals surface area contributed by atoms with Crippen molar-refractivity contribution in [2.45, 2.75) is 57.2 Å². The first kappa shape index (κ1) is 9.47. The lowest BCUT2D eigenvalue weighted by molar-refractivity contribution is 0.0956. The molecule has 0 amide bonds. The minimum absolute atomic E-state index is 0.739. The Morgan fingerprint density at radius 3 is 2.38 bits per heavy atom. The first-order valence-corrected chi connectivity index (χ1v) is 5.75. The largest absolute Gasteiger partial charge is 0.318 e. The van der Waals surface area contributed by atoms with Crippen molar-refractivity contribution in [3.8, 4) is 0 Å². The van der Waals surface area contributed by atoms with Gasteiger partial charge in [-0.15, -0.1) is 0 Å². The van der Waals surface area contributed by atoms with E-state index < -0.39 is 0 Å². The van der Waals surface area contributed by atoms with Crippen LogP contribution in [0.25, 0.3) is 0 Å². The number of fused-ring (bicyclic) bond motifs is 2. The maximum absolute atomic E-state index is 3.29. The Bertz CT molecular complexity index is 153. The molecule has 2 aliphatic heterocycles. The molecule has 1 N–H and O–H groups in total. The molecule has 76 valence electrons. The molecule has 0 aliphatic carbocycles. The molecule has 0 saturated carbocycles. The predicted octanol–water partition coefficient (Wildman–Crippen LogP) is 1.61. The zero-order valence-electron chi connectivity index (χ0n) is 8.92. The highest BCUT2D eigenvalue weighted by Crippen LogP contribution is 2.36. The second-order valence-electron chi connectivity index (χ2n) is 4.67. The zero-order chi connectivity index (χ0) is 9.26. The first-order chi connectivity index (χ1) is 6.33. The number of rotatable bonds is 3. The fraction of sp³-hybridized carbons (Fsp3) is 1.00. The second kappa shape index (κ2) is 3.97. The molecule has 2 bridgehead atoms. The quantitative estimate of drug-likeness (QED) is 0.713. The third-order valence-electron chi connectivity index (χ3n) is 3.76. The van der Waals surface area contributed by atoms with E-state index in [1.54, 1.807) is 0 Å². The Balaban J connectivity index is 1.97. The number of piperidine rings is 1. The summed E-state index contributed by atoms with van der Waals surface area (Å²) >= 11 is 0. The lowest BCUT2D eigenvalue weighted by Gasteiger charge is -2.39. The van der Waals surface area contributed by atoms with Gasteiger partial charge in [0.25, 0.3) is 0 Å². The zero-order valence-corrected chi connectivity index (χ0v) is 8.92. The van der Waals surface area contributed by atoms with Crippen molar-refractivity contribution in [3.05, 3.63) is 0 Å². The van der Waals surface area contributed by atoms with Gasteiger partial charge in [-0.1, -0.05) is 6.42 Å². The van der Waals surface area contributed by atoms with Crippen LogP contribution in [0.4, 0.5) is 0 Å². The van der Waals surface area contributed by atoms with Gasteiger partial charge in [0.15, 0.2) is 0 Å². The number of likely N-dealkylation sites (N-methyl/N-ethyl adjacent to an activating group) is 1. The van der Waals surface area contributed by atoms with Crippen LogP contribution in [-0.2, 0) is 0 Å². The van der Waals surface area contributed by atoms with Gasteiger partial charge in [0, 0.05) is 24.7 Å². The third kappa shape index (κ3) is 1.75. The molecule has 0 aromatic carbocycles. The van der Waals surface area contributed by atoms with E-state index in [-0.39, 0.29) is 0 Å². The van der Waals surface area contributed by atoms with Gasteiger partial charge < -0.3 is 5.32 Å². The maximum Gasteiger partial charge on any atom is 0.0198 e. The van der Waals surface area contributed by atoms with Gasteiger partial charge >= 0.3 is 0 Å². The minimum Gasteiger partial charge on any atom is -0.318 e. The Hall–Kier alpha value is -0.0800. The SMILES string of the molecule is CNCC(C)N1C2CCCC1CC2. The van der Waals surface area contributed by atoms with Crippen LogP contribution >= 0.6 is 0 Å². The summed E-state index contributed by atoms with van der Waals surface area (Å²) in [5.41, 5.74) is 0. The lowest BCUT2D eigenvalue weighted by Crippen LogP contribution is -2.48. The smallest absolute Gasteiger partial charge is 0.0198 e. The van der Waals surface area contributed by atoms with Gasteiger partial charge in [-0.05, 0) is 39.7 Å². The van der Waals surface area contributed by atoms with Crippen molar-refractivity contribution in [3.63, 3.8) is 0 Å². The molecule has 2 aliphatic rings. The summed E-state index contributed by atoms with van der Waals surface area (Å²) in [5, 5.41) is 3.29. The summed E-state index contributed by atoms with van der Waals surface area (Å²) in [6.45, 7) is 3.51. The number of nitrogens with zero attached hydrogens (tertiary/aromatic N) is 1. The van der Waals surface area contributed by atoms with Crippen molar-refractivity contribution >= 4 is 0 Å². The van der Waals surface area contributed by atoms with Crippen LogP contribution in [0.15, 0.2) is 0 Å². The van der Waals surface area contributed by atoms with Crippen LogP contribution in [0.2, 0.25) is 0 Å². The molecule has 0 spiro atoms. The Morgan fingerprint density at radius 1 is 1.23 bits per heavy atom. The topological polar surface area (TPSA) is 15.3 Å². The van der Waals surface area contributed by atoms with Crippen LogP contribution in [0.1, 0.15) is 39.0 Å². The summed E-state index contributed by atoms with van der Waals surface area (Å²) in [5.74, 6) is 0. The van der Waals surface area contributed by atoms with E-state index in [1.807, 2.05) is 0 Å². The predicted molar refractivity (Wildman–Crippen MR) is 55.9 cm³/mol. The van der Waals surface area contributed by atoms with Gasteiger partial charge in [-0.3, -0.25) is 4.90 Å². The third-order valence-corrected chi connectivity index (χ3v) is 3.76. The molecule has 2 fully saturated rings. The van der Waals surface area contributed by atoms with Crippen molar-refractivity contribution < 1.29 is 0 Å². The van der Waals surface area contributed by atoms with Crippen LogP contribution in [0, 0.1) is 0 Å². The van der Waals surface area contributed by atoms with Crippen LogP contribution in [0.5, 0.6) is 0 Å². The monoisotopic (exact) mass is 182 g/mol. The second-order valence-corrected chi connectivity index (χ2v) is 4.67. The van der Waals surface area contributed by atoms with Gasteiger partial charge in [0.2, 0.25) is 0 Å². The van der Waals surface area contributed by atoms with Crippen molar-refractivity contribution in [1.82, 2.24) is 10.2 Å². The molecule has 2 heteroatoms. The van der Waals surface area contributed by atoms with Crippen LogP contribution in [0.3, 0.4) is 0 Å². The van der Waals surface area contributed by atoms with Crippen molar-refractivity contribution in [2.24, 2.45) is 0 Å². The van der Waals surface area contributed by atoms with E-state index in [1.165, 1.54) is 32.1 Å². The van der Waals surface area contributed by atoms with E-state index in [0.29, 0.717) is 0 Å². The maximum atomic E-state index is 3.29. The van der Waals surface area contributed by atoms with Gasteiger partial charge in [-0.25, -0.2) is 0 Å². The highest BCUT2D eigenvalue weighted by atomic mass is 15.2. The average Bonchev–Trinajstić information content (AvgIpc) is 2.37. The molecule has 3 atom stereocenters. The van der Waals surface area contributed by atoms with E-state index >= 15 is 0 Å². The normalized spacial score (nSPS) is 36.5. The van der Waals surface area contributed by atoms with Gasteiger partial charge in [0.05, 0.1) is 0 Å². The van der Waals surface area contributed by atoms with Crippen LogP contribution in [-0.4, -0.2) is 36.6 Å². The molecule has 0 aromatic rings. The summed E-state index contributed by atoms with van der Waals surface area (Å²) in [4.78, 5) is 2.78. The molecular weight excluding hydrogens is 160 g/mol. The number of nitrogens with one attached hydrogen (secondary N) is 1. The summed E-state index contributed by atoms with van der Waals surface area (Å²) in [7, 11) is 2.06. The molecule has 0 aromatic heterocycles. The number of hydrogen-bond acceptors (Lipinski definition) is 2.